The summed E-state index contributed by atoms with van der Waals surface area (Å²) in [4.78, 5) is 3.57. The van der Waals surface area contributed by atoms with Gasteiger partial charge in [0, 0.05) is 10.7 Å². The second-order valence-electron chi connectivity index (χ2n) is 3.57. The number of rotatable bonds is 3. The van der Waals surface area contributed by atoms with Crippen molar-refractivity contribution in [2.75, 3.05) is 4.72 Å². The normalized spacial score (nSPS) is 11.3. The number of phenols is 1. The van der Waals surface area contributed by atoms with Crippen LogP contribution in [-0.4, -0.2) is 18.5 Å². The Balaban J connectivity index is 2.44. The van der Waals surface area contributed by atoms with E-state index in [1.165, 1.54) is 24.4 Å². The number of hydrogen-bond acceptors (Lipinski definition) is 4. The molecule has 100 valence electrons. The topological polar surface area (TPSA) is 79.3 Å². The largest absolute Gasteiger partial charge is 0.506 e. The number of benzene rings is 1. The van der Waals surface area contributed by atoms with Crippen LogP contribution in [-0.2, 0) is 10.0 Å². The Bertz CT molecular complexity index is 722. The fourth-order valence-electron chi connectivity index (χ4n) is 1.35. The average Bonchev–Trinajstić information content (AvgIpc) is 2.35. The lowest BCUT2D eigenvalue weighted by atomic mass is 10.3. The number of aromatic hydroxyl groups is 1. The van der Waals surface area contributed by atoms with E-state index in [0.29, 0.717) is 4.47 Å². The summed E-state index contributed by atoms with van der Waals surface area (Å²) in [5, 5.41) is 9.41. The van der Waals surface area contributed by atoms with Crippen molar-refractivity contribution in [1.82, 2.24) is 4.98 Å². The average molecular weight is 364 g/mol. The summed E-state index contributed by atoms with van der Waals surface area (Å²) >= 11 is 8.90. The van der Waals surface area contributed by atoms with Crippen molar-refractivity contribution in [1.29, 1.82) is 0 Å². The van der Waals surface area contributed by atoms with Gasteiger partial charge in [0.15, 0.2) is 0 Å². The van der Waals surface area contributed by atoms with E-state index in [0.717, 1.165) is 0 Å². The number of halogens is 2. The summed E-state index contributed by atoms with van der Waals surface area (Å²) in [6, 6.07) is 7.32. The monoisotopic (exact) mass is 362 g/mol. The van der Waals surface area contributed by atoms with E-state index < -0.39 is 10.0 Å². The SMILES string of the molecule is O=S(=O)(Nc1ccccc1O)c1cc(Br)cnc1Cl. The molecule has 0 radical (unpaired) electrons. The molecule has 0 saturated heterocycles. The van der Waals surface area contributed by atoms with Gasteiger partial charge in [-0.05, 0) is 34.1 Å². The molecule has 0 aliphatic heterocycles. The van der Waals surface area contributed by atoms with Gasteiger partial charge in [-0.1, -0.05) is 23.7 Å². The van der Waals surface area contributed by atoms with Crippen LogP contribution in [0, 0.1) is 0 Å². The zero-order chi connectivity index (χ0) is 14.0. The molecule has 19 heavy (non-hydrogen) atoms. The second-order valence-corrected chi connectivity index (χ2v) is 6.49. The molecule has 1 heterocycles. The Kier molecular flexibility index (Phi) is 3.98. The molecule has 8 heteroatoms. The van der Waals surface area contributed by atoms with E-state index in [2.05, 4.69) is 25.6 Å². The van der Waals surface area contributed by atoms with Gasteiger partial charge in [0.05, 0.1) is 5.69 Å². The number of phenolic OH excluding ortho intramolecular Hbond substituents is 1. The lowest BCUT2D eigenvalue weighted by molar-refractivity contribution is 0.477. The first-order chi connectivity index (χ1) is 8.90. The van der Waals surface area contributed by atoms with Crippen molar-refractivity contribution >= 4 is 43.2 Å². The van der Waals surface area contributed by atoms with Crippen LogP contribution in [0.1, 0.15) is 0 Å². The van der Waals surface area contributed by atoms with Crippen LogP contribution < -0.4 is 4.72 Å². The summed E-state index contributed by atoms with van der Waals surface area (Å²) in [5.74, 6) is -0.176. The van der Waals surface area contributed by atoms with Gasteiger partial charge in [-0.3, -0.25) is 4.72 Å². The van der Waals surface area contributed by atoms with Crippen molar-refractivity contribution in [3.8, 4) is 5.75 Å². The molecule has 1 aromatic heterocycles. The van der Waals surface area contributed by atoms with E-state index in [4.69, 9.17) is 11.6 Å². The number of aromatic nitrogens is 1. The van der Waals surface area contributed by atoms with Crippen LogP contribution >= 0.6 is 27.5 Å². The summed E-state index contributed by atoms with van der Waals surface area (Å²) in [7, 11) is -3.92. The number of anilines is 1. The lowest BCUT2D eigenvalue weighted by Crippen LogP contribution is -2.14. The second kappa shape index (κ2) is 5.36. The Labute approximate surface area is 123 Å². The van der Waals surface area contributed by atoms with E-state index in [9.17, 15) is 13.5 Å². The first-order valence-corrected chi connectivity index (χ1v) is 7.67. The van der Waals surface area contributed by atoms with Gasteiger partial charge >= 0.3 is 0 Å². The highest BCUT2D eigenvalue weighted by Crippen LogP contribution is 2.28. The third-order valence-corrected chi connectivity index (χ3v) is 4.44. The fourth-order valence-corrected chi connectivity index (χ4v) is 3.37. The number of para-hydroxylation sites is 2. The predicted molar refractivity (Wildman–Crippen MR) is 75.9 cm³/mol. The molecule has 0 atom stereocenters. The van der Waals surface area contributed by atoms with E-state index in [1.54, 1.807) is 12.1 Å². The van der Waals surface area contributed by atoms with Crippen LogP contribution in [0.3, 0.4) is 0 Å². The summed E-state index contributed by atoms with van der Waals surface area (Å²) in [6.45, 7) is 0. The molecule has 0 amide bonds. The molecule has 0 aliphatic rings. The summed E-state index contributed by atoms with van der Waals surface area (Å²) in [6.07, 6.45) is 1.39. The third-order valence-electron chi connectivity index (χ3n) is 2.21. The maximum atomic E-state index is 12.2. The van der Waals surface area contributed by atoms with Crippen molar-refractivity contribution in [3.63, 3.8) is 0 Å². The van der Waals surface area contributed by atoms with Gasteiger partial charge < -0.3 is 5.11 Å². The molecule has 0 bridgehead atoms. The number of pyridine rings is 1. The molecule has 2 N–H and O–H groups in total. The standard InChI is InChI=1S/C11H8BrClN2O3S/c12-7-5-10(11(13)14-6-7)19(17,18)15-8-3-1-2-4-9(8)16/h1-6,15-16H. The van der Waals surface area contributed by atoms with Gasteiger partial charge in [0.1, 0.15) is 15.8 Å². The summed E-state index contributed by atoms with van der Waals surface area (Å²) in [5.41, 5.74) is 0.0681. The minimum absolute atomic E-state index is 0.0681. The smallest absolute Gasteiger partial charge is 0.265 e. The van der Waals surface area contributed by atoms with Gasteiger partial charge in [0.25, 0.3) is 10.0 Å². The Hall–Kier alpha value is -1.31. The van der Waals surface area contributed by atoms with Crippen LogP contribution in [0.25, 0.3) is 0 Å². The van der Waals surface area contributed by atoms with Gasteiger partial charge in [-0.15, -0.1) is 0 Å². The Morgan fingerprint density at radius 2 is 2.00 bits per heavy atom. The minimum atomic E-state index is -3.92. The fraction of sp³-hybridized carbons (Fsp3) is 0. The first kappa shape index (κ1) is 14.1. The maximum Gasteiger partial charge on any atom is 0.265 e. The number of nitrogens with zero attached hydrogens (tertiary/aromatic N) is 1. The van der Waals surface area contributed by atoms with Gasteiger partial charge in [-0.2, -0.15) is 0 Å². The maximum absolute atomic E-state index is 12.2. The van der Waals surface area contributed by atoms with Crippen molar-refractivity contribution < 1.29 is 13.5 Å². The zero-order valence-corrected chi connectivity index (χ0v) is 12.5. The highest BCUT2D eigenvalue weighted by Gasteiger charge is 2.20. The Morgan fingerprint density at radius 1 is 1.32 bits per heavy atom. The van der Waals surface area contributed by atoms with Crippen LogP contribution in [0.2, 0.25) is 5.15 Å². The molecule has 0 aliphatic carbocycles. The lowest BCUT2D eigenvalue weighted by Gasteiger charge is -2.10. The first-order valence-electron chi connectivity index (χ1n) is 5.02. The Morgan fingerprint density at radius 3 is 2.68 bits per heavy atom. The molecule has 2 aromatic rings. The molecule has 5 nitrogen and oxygen atoms in total. The van der Waals surface area contributed by atoms with Crippen LogP contribution in [0.5, 0.6) is 5.75 Å². The van der Waals surface area contributed by atoms with Crippen molar-refractivity contribution in [3.05, 3.63) is 46.2 Å². The molecule has 0 spiro atoms. The minimum Gasteiger partial charge on any atom is -0.506 e. The zero-order valence-electron chi connectivity index (χ0n) is 9.34. The summed E-state index contributed by atoms with van der Waals surface area (Å²) < 4.78 is 27.0. The number of nitrogens with one attached hydrogen (secondary N) is 1. The van der Waals surface area contributed by atoms with Gasteiger partial charge in [-0.25, -0.2) is 13.4 Å². The highest BCUT2D eigenvalue weighted by molar-refractivity contribution is 9.10. The third kappa shape index (κ3) is 3.17. The molecular formula is C11H8BrClN2O3S. The molecule has 0 fully saturated rings. The quantitative estimate of drug-likeness (QED) is 0.649. The van der Waals surface area contributed by atoms with Crippen molar-refractivity contribution in [2.24, 2.45) is 0 Å². The molecule has 0 unspecified atom stereocenters. The molecular weight excluding hydrogens is 356 g/mol. The highest BCUT2D eigenvalue weighted by atomic mass is 79.9. The van der Waals surface area contributed by atoms with Crippen LogP contribution in [0.15, 0.2) is 45.9 Å². The molecule has 2 rings (SSSR count). The number of hydrogen-bond donors (Lipinski definition) is 2. The van der Waals surface area contributed by atoms with E-state index in [1.807, 2.05) is 0 Å². The van der Waals surface area contributed by atoms with Crippen LogP contribution in [0.4, 0.5) is 5.69 Å². The van der Waals surface area contributed by atoms with Gasteiger partial charge in [0.2, 0.25) is 0 Å². The molecule has 1 aromatic carbocycles. The number of sulfonamides is 1. The van der Waals surface area contributed by atoms with E-state index >= 15 is 0 Å². The van der Waals surface area contributed by atoms with E-state index in [-0.39, 0.29) is 21.5 Å². The predicted octanol–water partition coefficient (Wildman–Crippen LogP) is 3.00. The molecule has 0 saturated carbocycles. The van der Waals surface area contributed by atoms with Crippen molar-refractivity contribution in [2.45, 2.75) is 4.90 Å².